The minimum Gasteiger partial charge on any atom is -0.454 e. The lowest BCUT2D eigenvalue weighted by molar-refractivity contribution is -0.123. The highest BCUT2D eigenvalue weighted by Crippen LogP contribution is 2.55. The molecule has 7 heteroatoms. The summed E-state index contributed by atoms with van der Waals surface area (Å²) in [4.78, 5) is 52.0. The van der Waals surface area contributed by atoms with E-state index in [1.54, 1.807) is 12.1 Å². The number of allylic oxidation sites excluding steroid dienone is 2. The molecule has 1 heterocycles. The topological polar surface area (TPSA) is 80.8 Å². The molecule has 0 spiro atoms. The minimum atomic E-state index is -0.751. The first-order valence-electron chi connectivity index (χ1n) is 10.5. The molecule has 6 nitrogen and oxygen atoms in total. The molecule has 2 aromatic carbocycles. The predicted molar refractivity (Wildman–Crippen MR) is 112 cm³/mol. The van der Waals surface area contributed by atoms with Crippen molar-refractivity contribution in [3.63, 3.8) is 0 Å². The summed E-state index contributed by atoms with van der Waals surface area (Å²) >= 11 is 0. The molecule has 32 heavy (non-hydrogen) atoms. The fraction of sp³-hybridized carbons (Fsp3) is 0.280. The second-order valence-electron chi connectivity index (χ2n) is 8.54. The van der Waals surface area contributed by atoms with Gasteiger partial charge in [0.15, 0.2) is 12.4 Å². The summed E-state index contributed by atoms with van der Waals surface area (Å²) < 4.78 is 18.1. The van der Waals surface area contributed by atoms with Crippen molar-refractivity contribution in [2.24, 2.45) is 23.7 Å². The second-order valence-corrected chi connectivity index (χ2v) is 8.54. The summed E-state index contributed by atoms with van der Waals surface area (Å²) in [5.41, 5.74) is 1.85. The number of hydrogen-bond donors (Lipinski definition) is 0. The van der Waals surface area contributed by atoms with Gasteiger partial charge in [-0.3, -0.25) is 14.4 Å². The lowest BCUT2D eigenvalue weighted by atomic mass is 9.82. The Bertz CT molecular complexity index is 1190. The monoisotopic (exact) mass is 433 g/mol. The highest BCUT2D eigenvalue weighted by Gasteiger charge is 2.60. The molecule has 2 amide bonds. The normalized spacial score (nSPS) is 25.7. The Balaban J connectivity index is 1.30. The van der Waals surface area contributed by atoms with E-state index >= 15 is 0 Å². The van der Waals surface area contributed by atoms with E-state index in [0.29, 0.717) is 5.69 Å². The molecule has 5 rings (SSSR count). The Labute approximate surface area is 183 Å². The van der Waals surface area contributed by atoms with Gasteiger partial charge in [0.2, 0.25) is 11.8 Å². The molecule has 4 atom stereocenters. The second kappa shape index (κ2) is 7.51. The standard InChI is InChI=1S/C25H20FNO5/c1-13-9-16-11-19(13)22-21(16)23(29)27(24(22)30)18-4-2-3-15(10-18)25(31)32-12-20(28)14-5-7-17(26)8-6-14/h2-10,16,19,21-22H,11-12H2,1H3/t16-,19+,21-,22-/m1/s1. The van der Waals surface area contributed by atoms with Gasteiger partial charge in [-0.1, -0.05) is 17.7 Å². The molecule has 2 aliphatic carbocycles. The van der Waals surface area contributed by atoms with Crippen LogP contribution < -0.4 is 4.90 Å². The third kappa shape index (κ3) is 3.16. The molecule has 0 radical (unpaired) electrons. The van der Waals surface area contributed by atoms with Crippen LogP contribution in [0.25, 0.3) is 0 Å². The fourth-order valence-electron chi connectivity index (χ4n) is 5.23. The molecule has 1 aliphatic heterocycles. The van der Waals surface area contributed by atoms with E-state index in [9.17, 15) is 23.6 Å². The van der Waals surface area contributed by atoms with Crippen LogP contribution in [0, 0.1) is 29.5 Å². The fourth-order valence-corrected chi connectivity index (χ4v) is 5.23. The summed E-state index contributed by atoms with van der Waals surface area (Å²) in [6, 6.07) is 11.1. The van der Waals surface area contributed by atoms with Crippen LogP contribution >= 0.6 is 0 Å². The maximum atomic E-state index is 13.1. The van der Waals surface area contributed by atoms with Gasteiger partial charge in [-0.25, -0.2) is 14.1 Å². The number of amides is 2. The summed E-state index contributed by atoms with van der Waals surface area (Å²) in [5, 5.41) is 0. The maximum Gasteiger partial charge on any atom is 0.338 e. The van der Waals surface area contributed by atoms with Gasteiger partial charge in [0.1, 0.15) is 5.82 Å². The first-order valence-corrected chi connectivity index (χ1v) is 10.5. The van der Waals surface area contributed by atoms with Crippen molar-refractivity contribution in [3.05, 3.63) is 77.1 Å². The molecular weight excluding hydrogens is 413 g/mol. The summed E-state index contributed by atoms with van der Waals surface area (Å²) in [5.74, 6) is -2.60. The number of halogens is 1. The number of benzene rings is 2. The summed E-state index contributed by atoms with van der Waals surface area (Å²) in [6.07, 6.45) is 2.95. The number of esters is 1. The van der Waals surface area contributed by atoms with Crippen molar-refractivity contribution < 1.29 is 28.3 Å². The van der Waals surface area contributed by atoms with Crippen molar-refractivity contribution in [2.75, 3.05) is 11.5 Å². The number of nitrogens with zero attached hydrogens (tertiary/aromatic N) is 1. The van der Waals surface area contributed by atoms with Crippen molar-refractivity contribution >= 4 is 29.3 Å². The molecule has 1 saturated carbocycles. The number of rotatable bonds is 5. The van der Waals surface area contributed by atoms with Crippen LogP contribution in [0.15, 0.2) is 60.2 Å². The SMILES string of the molecule is CC1=C[C@@H]2C[C@@H]1[C@H]1C(=O)N(c3cccc(C(=O)OCC(=O)c4ccc(F)cc4)c3)C(=O)[C@@H]12. The van der Waals surface area contributed by atoms with E-state index in [1.807, 2.05) is 6.92 Å². The zero-order valence-electron chi connectivity index (χ0n) is 17.3. The third-order valence-electron chi connectivity index (χ3n) is 6.72. The first kappa shape index (κ1) is 20.3. The van der Waals surface area contributed by atoms with Crippen molar-refractivity contribution in [3.8, 4) is 0 Å². The number of Topliss-reactive ketones (excluding diaryl/α,β-unsaturated/α-hetero) is 1. The molecule has 2 fully saturated rings. The molecule has 3 aliphatic rings. The van der Waals surface area contributed by atoms with Crippen LogP contribution in [-0.4, -0.2) is 30.2 Å². The van der Waals surface area contributed by atoms with Crippen LogP contribution in [0.2, 0.25) is 0 Å². The van der Waals surface area contributed by atoms with Crippen molar-refractivity contribution in [1.29, 1.82) is 0 Å². The van der Waals surface area contributed by atoms with Crippen molar-refractivity contribution in [2.45, 2.75) is 13.3 Å². The number of carbonyl (C=O) groups is 4. The van der Waals surface area contributed by atoms with Gasteiger partial charge >= 0.3 is 5.97 Å². The number of ether oxygens (including phenoxy) is 1. The van der Waals surface area contributed by atoms with Crippen LogP contribution in [0.4, 0.5) is 10.1 Å². The van der Waals surface area contributed by atoms with E-state index in [0.717, 1.165) is 18.6 Å². The van der Waals surface area contributed by atoms with Crippen LogP contribution in [0.3, 0.4) is 0 Å². The number of imide groups is 1. The highest BCUT2D eigenvalue weighted by molar-refractivity contribution is 6.23. The Morgan fingerprint density at radius 2 is 1.75 bits per heavy atom. The Morgan fingerprint density at radius 1 is 1.03 bits per heavy atom. The van der Waals surface area contributed by atoms with E-state index in [4.69, 9.17) is 4.74 Å². The zero-order chi connectivity index (χ0) is 22.6. The van der Waals surface area contributed by atoms with E-state index in [2.05, 4.69) is 6.08 Å². The van der Waals surface area contributed by atoms with Gasteiger partial charge in [0.05, 0.1) is 23.1 Å². The summed E-state index contributed by atoms with van der Waals surface area (Å²) in [6.45, 7) is 1.50. The number of carbonyl (C=O) groups excluding carboxylic acids is 4. The van der Waals surface area contributed by atoms with Gasteiger partial charge in [-0.05, 0) is 67.6 Å². The van der Waals surface area contributed by atoms with Crippen molar-refractivity contribution in [1.82, 2.24) is 0 Å². The molecule has 0 aromatic heterocycles. The number of fused-ring (bicyclic) bond motifs is 5. The quantitative estimate of drug-likeness (QED) is 0.312. The van der Waals surface area contributed by atoms with Crippen LogP contribution in [-0.2, 0) is 14.3 Å². The van der Waals surface area contributed by atoms with Gasteiger partial charge in [0.25, 0.3) is 0 Å². The van der Waals surface area contributed by atoms with Crippen LogP contribution in [0.5, 0.6) is 0 Å². The molecule has 2 bridgehead atoms. The van der Waals surface area contributed by atoms with E-state index in [-0.39, 0.29) is 46.6 Å². The summed E-state index contributed by atoms with van der Waals surface area (Å²) in [7, 11) is 0. The lowest BCUT2D eigenvalue weighted by Crippen LogP contribution is -2.33. The molecule has 162 valence electrons. The molecule has 1 saturated heterocycles. The van der Waals surface area contributed by atoms with Gasteiger partial charge in [-0.2, -0.15) is 0 Å². The molecular formula is C25H20FNO5. The predicted octanol–water partition coefficient (Wildman–Crippen LogP) is 3.57. The highest BCUT2D eigenvalue weighted by atomic mass is 19.1. The van der Waals surface area contributed by atoms with E-state index < -0.39 is 24.2 Å². The Kier molecular flexibility index (Phi) is 4.77. The number of hydrogen-bond acceptors (Lipinski definition) is 5. The lowest BCUT2D eigenvalue weighted by Gasteiger charge is -2.19. The Morgan fingerprint density at radius 3 is 2.50 bits per heavy atom. The van der Waals surface area contributed by atoms with E-state index in [1.165, 1.54) is 34.7 Å². The average molecular weight is 433 g/mol. The minimum absolute atomic E-state index is 0.0945. The Hall–Kier alpha value is -3.61. The van der Waals surface area contributed by atoms with Gasteiger partial charge in [-0.15, -0.1) is 0 Å². The van der Waals surface area contributed by atoms with Gasteiger partial charge in [0, 0.05) is 5.56 Å². The largest absolute Gasteiger partial charge is 0.454 e. The smallest absolute Gasteiger partial charge is 0.338 e. The molecule has 0 unspecified atom stereocenters. The maximum absolute atomic E-state index is 13.1. The van der Waals surface area contributed by atoms with Gasteiger partial charge < -0.3 is 4.74 Å². The molecule has 0 N–H and O–H groups in total. The average Bonchev–Trinajstić information content (AvgIpc) is 3.42. The van der Waals surface area contributed by atoms with Crippen LogP contribution in [0.1, 0.15) is 34.1 Å². The number of ketones is 1. The zero-order valence-corrected chi connectivity index (χ0v) is 17.3. The first-order chi connectivity index (χ1) is 15.3. The molecule has 2 aromatic rings. The third-order valence-corrected chi connectivity index (χ3v) is 6.72. The number of anilines is 1.